The summed E-state index contributed by atoms with van der Waals surface area (Å²) in [4.78, 5) is 30.0. The predicted octanol–water partition coefficient (Wildman–Crippen LogP) is 6.87. The third-order valence-corrected chi connectivity index (χ3v) is 10.1. The summed E-state index contributed by atoms with van der Waals surface area (Å²) in [5, 5.41) is 3.44. The monoisotopic (exact) mass is 659 g/mol. The summed E-state index contributed by atoms with van der Waals surface area (Å²) in [7, 11) is -4.18. The van der Waals surface area contributed by atoms with Crippen LogP contribution in [0, 0.1) is 26.7 Å². The van der Waals surface area contributed by atoms with Gasteiger partial charge in [-0.05, 0) is 79.3 Å². The molecule has 4 rings (SSSR count). The van der Waals surface area contributed by atoms with E-state index in [1.54, 1.807) is 54.6 Å². The molecule has 1 N–H and O–H groups in total. The number of carbonyl (C=O) groups is 2. The number of nitrogens with zero attached hydrogens (tertiary/aromatic N) is 2. The number of amides is 2. The molecule has 0 radical (unpaired) electrons. The Kier molecular flexibility index (Phi) is 11.7. The number of carbonyl (C=O) groups excluding carboxylic acids is 2. The number of benzene rings is 4. The van der Waals surface area contributed by atoms with E-state index in [2.05, 4.69) is 5.32 Å². The van der Waals surface area contributed by atoms with E-state index in [0.717, 1.165) is 26.6 Å². The van der Waals surface area contributed by atoms with Crippen molar-refractivity contribution in [2.24, 2.45) is 5.92 Å². The highest BCUT2D eigenvalue weighted by Crippen LogP contribution is 2.28. The highest BCUT2D eigenvalue weighted by atomic mass is 35.5. The third kappa shape index (κ3) is 8.77. The average Bonchev–Trinajstić information content (AvgIpc) is 3.03. The Balaban J connectivity index is 1.82. The van der Waals surface area contributed by atoms with Crippen molar-refractivity contribution in [1.29, 1.82) is 0 Å². The van der Waals surface area contributed by atoms with Crippen LogP contribution in [0.25, 0.3) is 0 Å². The summed E-state index contributed by atoms with van der Waals surface area (Å²) in [5.74, 6) is -0.666. The molecule has 0 bridgehead atoms. The van der Waals surface area contributed by atoms with Gasteiger partial charge >= 0.3 is 0 Å². The molecule has 0 fully saturated rings. The van der Waals surface area contributed by atoms with Crippen LogP contribution in [-0.4, -0.2) is 44.3 Å². The Morgan fingerprint density at radius 1 is 0.826 bits per heavy atom. The lowest BCUT2D eigenvalue weighted by Gasteiger charge is -2.34. The van der Waals surface area contributed by atoms with Crippen LogP contribution in [0.2, 0.25) is 5.02 Å². The van der Waals surface area contributed by atoms with E-state index >= 15 is 0 Å². The van der Waals surface area contributed by atoms with Crippen LogP contribution in [0.15, 0.2) is 102 Å². The van der Waals surface area contributed by atoms with Gasteiger partial charge in [-0.3, -0.25) is 13.9 Å². The molecule has 0 saturated carbocycles. The topological polar surface area (TPSA) is 86.8 Å². The molecular formula is C37H42ClN3O4S. The molecular weight excluding hydrogens is 618 g/mol. The fraction of sp³-hybridized carbons (Fsp3) is 0.297. The molecule has 2 amide bonds. The van der Waals surface area contributed by atoms with Gasteiger partial charge in [0.25, 0.3) is 10.0 Å². The van der Waals surface area contributed by atoms with Gasteiger partial charge in [0.15, 0.2) is 0 Å². The first-order valence-electron chi connectivity index (χ1n) is 15.4. The van der Waals surface area contributed by atoms with Crippen LogP contribution in [0.4, 0.5) is 5.69 Å². The van der Waals surface area contributed by atoms with E-state index in [9.17, 15) is 18.0 Å². The van der Waals surface area contributed by atoms with E-state index in [1.165, 1.54) is 4.90 Å². The largest absolute Gasteiger partial charge is 0.354 e. The Morgan fingerprint density at radius 3 is 2.11 bits per heavy atom. The van der Waals surface area contributed by atoms with Crippen molar-refractivity contribution >= 4 is 39.1 Å². The minimum absolute atomic E-state index is 0.0104. The normalized spacial score (nSPS) is 12.1. The molecule has 1 atom stereocenters. The summed E-state index contributed by atoms with van der Waals surface area (Å²) < 4.78 is 29.6. The molecule has 0 aliphatic heterocycles. The predicted molar refractivity (Wildman–Crippen MR) is 185 cm³/mol. The van der Waals surface area contributed by atoms with Gasteiger partial charge in [-0.1, -0.05) is 97.7 Å². The van der Waals surface area contributed by atoms with Gasteiger partial charge in [-0.25, -0.2) is 8.42 Å². The molecule has 0 aliphatic rings. The quantitative estimate of drug-likeness (QED) is 0.170. The molecule has 0 unspecified atom stereocenters. The van der Waals surface area contributed by atoms with Gasteiger partial charge in [0.05, 0.1) is 10.6 Å². The van der Waals surface area contributed by atoms with Crippen LogP contribution in [0.5, 0.6) is 0 Å². The Morgan fingerprint density at radius 2 is 1.48 bits per heavy atom. The van der Waals surface area contributed by atoms with Gasteiger partial charge in [0.2, 0.25) is 11.8 Å². The highest BCUT2D eigenvalue weighted by Gasteiger charge is 2.35. The Hall–Kier alpha value is -4.14. The SMILES string of the molecule is Cc1ccc(S(=O)(=O)N(CC(=O)N(Cc2ccccc2Cl)[C@H](Cc2ccccc2)C(=O)NCC(C)C)c2ccc(C)c(C)c2)cc1. The number of nitrogens with one attached hydrogen (secondary N) is 1. The van der Waals surface area contributed by atoms with Crippen molar-refractivity contribution < 1.29 is 18.0 Å². The Labute approximate surface area is 278 Å². The fourth-order valence-electron chi connectivity index (χ4n) is 5.03. The van der Waals surface area contributed by atoms with Gasteiger partial charge < -0.3 is 10.2 Å². The van der Waals surface area contributed by atoms with Gasteiger partial charge in [-0.2, -0.15) is 0 Å². The zero-order chi connectivity index (χ0) is 33.4. The number of rotatable bonds is 13. The summed E-state index contributed by atoms with van der Waals surface area (Å²) in [6.07, 6.45) is 0.231. The molecule has 4 aromatic rings. The molecule has 4 aromatic carbocycles. The van der Waals surface area contributed by atoms with Crippen molar-refractivity contribution in [2.75, 3.05) is 17.4 Å². The molecule has 0 aliphatic carbocycles. The lowest BCUT2D eigenvalue weighted by molar-refractivity contribution is -0.140. The van der Waals surface area contributed by atoms with Crippen molar-refractivity contribution in [3.8, 4) is 0 Å². The third-order valence-electron chi connectivity index (χ3n) is 7.92. The Bertz CT molecular complexity index is 1760. The average molecular weight is 660 g/mol. The smallest absolute Gasteiger partial charge is 0.264 e. The van der Waals surface area contributed by atoms with Gasteiger partial charge in [0.1, 0.15) is 12.6 Å². The minimum atomic E-state index is -4.18. The number of aryl methyl sites for hydroxylation is 3. The molecule has 0 spiro atoms. The maximum absolute atomic E-state index is 14.6. The van der Waals surface area contributed by atoms with E-state index in [1.807, 2.05) is 77.1 Å². The number of sulfonamides is 1. The first-order chi connectivity index (χ1) is 21.9. The minimum Gasteiger partial charge on any atom is -0.354 e. The van der Waals surface area contributed by atoms with E-state index in [0.29, 0.717) is 22.8 Å². The number of halogens is 1. The molecule has 9 heteroatoms. The first kappa shape index (κ1) is 34.7. The second-order valence-electron chi connectivity index (χ2n) is 12.1. The van der Waals surface area contributed by atoms with E-state index in [-0.39, 0.29) is 29.7 Å². The second kappa shape index (κ2) is 15.4. The van der Waals surface area contributed by atoms with Crippen LogP contribution in [-0.2, 0) is 32.6 Å². The van der Waals surface area contributed by atoms with Crippen molar-refractivity contribution in [3.05, 3.63) is 130 Å². The summed E-state index contributed by atoms with van der Waals surface area (Å²) in [5.41, 5.74) is 4.66. The fourth-order valence-corrected chi connectivity index (χ4v) is 6.64. The zero-order valence-corrected chi connectivity index (χ0v) is 28.6. The maximum atomic E-state index is 14.6. The van der Waals surface area contributed by atoms with Gasteiger partial charge in [-0.15, -0.1) is 0 Å². The first-order valence-corrected chi connectivity index (χ1v) is 17.2. The van der Waals surface area contributed by atoms with Crippen LogP contribution in [0.1, 0.15) is 41.7 Å². The summed E-state index contributed by atoms with van der Waals surface area (Å²) in [6.45, 7) is 9.63. The van der Waals surface area contributed by atoms with Gasteiger partial charge in [0, 0.05) is 24.5 Å². The zero-order valence-electron chi connectivity index (χ0n) is 27.0. The molecule has 7 nitrogen and oxygen atoms in total. The maximum Gasteiger partial charge on any atom is 0.264 e. The number of anilines is 1. The highest BCUT2D eigenvalue weighted by molar-refractivity contribution is 7.92. The molecule has 242 valence electrons. The summed E-state index contributed by atoms with van der Waals surface area (Å²) >= 11 is 6.57. The summed E-state index contributed by atoms with van der Waals surface area (Å²) in [6, 6.07) is 27.5. The molecule has 0 heterocycles. The van der Waals surface area contributed by atoms with Crippen molar-refractivity contribution in [1.82, 2.24) is 10.2 Å². The van der Waals surface area contributed by atoms with Crippen LogP contribution >= 0.6 is 11.6 Å². The van der Waals surface area contributed by atoms with Crippen LogP contribution in [0.3, 0.4) is 0 Å². The molecule has 46 heavy (non-hydrogen) atoms. The molecule has 0 aromatic heterocycles. The lowest BCUT2D eigenvalue weighted by Crippen LogP contribution is -2.53. The lowest BCUT2D eigenvalue weighted by atomic mass is 10.0. The molecule has 0 saturated heterocycles. The van der Waals surface area contributed by atoms with Crippen molar-refractivity contribution in [3.63, 3.8) is 0 Å². The van der Waals surface area contributed by atoms with E-state index < -0.39 is 28.5 Å². The van der Waals surface area contributed by atoms with Crippen LogP contribution < -0.4 is 9.62 Å². The number of hydrogen-bond donors (Lipinski definition) is 1. The van der Waals surface area contributed by atoms with E-state index in [4.69, 9.17) is 11.6 Å². The second-order valence-corrected chi connectivity index (χ2v) is 14.3. The number of hydrogen-bond acceptors (Lipinski definition) is 4. The van der Waals surface area contributed by atoms with Crippen molar-refractivity contribution in [2.45, 2.75) is 58.5 Å². The standard InChI is InChI=1S/C37H42ClN3O4S/c1-26(2)23-39-37(43)35(22-30-11-7-6-8-12-30)40(24-31-13-9-10-14-34(31)38)36(42)25-41(32-18-17-28(4)29(5)21-32)46(44,45)33-19-15-27(3)16-20-33/h6-21,26,35H,22-25H2,1-5H3,(H,39,43)/t35-/m1/s1.